The predicted octanol–water partition coefficient (Wildman–Crippen LogP) is 16.8. The Kier molecular flexibility index (Phi) is 7.59. The zero-order valence-electron chi connectivity index (χ0n) is 35.7. The lowest BCUT2D eigenvalue weighted by Crippen LogP contribution is -2.02. The van der Waals surface area contributed by atoms with Crippen LogP contribution in [0.15, 0.2) is 211 Å². The summed E-state index contributed by atoms with van der Waals surface area (Å²) in [6.07, 6.45) is 0. The molecule has 0 saturated carbocycles. The van der Waals surface area contributed by atoms with Gasteiger partial charge >= 0.3 is 0 Å². The van der Waals surface area contributed by atoms with Crippen LogP contribution in [0.2, 0.25) is 0 Å². The number of benzene rings is 11. The van der Waals surface area contributed by atoms with Gasteiger partial charge in [0.25, 0.3) is 0 Å². The quantitative estimate of drug-likeness (QED) is 0.177. The number of thiophene rings is 1. The van der Waals surface area contributed by atoms with Crippen molar-refractivity contribution in [1.29, 1.82) is 0 Å². The van der Waals surface area contributed by atoms with Crippen molar-refractivity contribution in [3.05, 3.63) is 206 Å². The van der Waals surface area contributed by atoms with E-state index in [4.69, 9.17) is 19.4 Å². The molecular formula is C61H34N4OS. The van der Waals surface area contributed by atoms with Gasteiger partial charge in [0.2, 0.25) is 0 Å². The van der Waals surface area contributed by atoms with Crippen molar-refractivity contribution in [3.63, 3.8) is 0 Å². The second-order valence-corrected chi connectivity index (χ2v) is 18.6. The Morgan fingerprint density at radius 2 is 0.910 bits per heavy atom. The van der Waals surface area contributed by atoms with E-state index >= 15 is 0 Å². The lowest BCUT2D eigenvalue weighted by atomic mass is 10.0. The van der Waals surface area contributed by atoms with Crippen LogP contribution < -0.4 is 0 Å². The molecular weight excluding hydrogens is 837 g/mol. The van der Waals surface area contributed by atoms with Crippen molar-refractivity contribution in [3.8, 4) is 39.9 Å². The Labute approximate surface area is 386 Å². The van der Waals surface area contributed by atoms with Crippen molar-refractivity contribution in [2.24, 2.45) is 0 Å². The highest BCUT2D eigenvalue weighted by molar-refractivity contribution is 7.25. The summed E-state index contributed by atoms with van der Waals surface area (Å²) in [7, 11) is 0. The molecule has 310 valence electrons. The minimum Gasteiger partial charge on any atom is -0.455 e. The smallest absolute Gasteiger partial charge is 0.167 e. The van der Waals surface area contributed by atoms with Gasteiger partial charge in [-0.15, -0.1) is 11.3 Å². The third-order valence-corrected chi connectivity index (χ3v) is 14.9. The summed E-state index contributed by atoms with van der Waals surface area (Å²) in [6, 6.07) is 73.8. The second-order valence-electron chi connectivity index (χ2n) is 17.5. The molecule has 0 aliphatic carbocycles. The first-order chi connectivity index (χ1) is 33.2. The number of aromatic nitrogens is 4. The van der Waals surface area contributed by atoms with Gasteiger partial charge in [0.05, 0.1) is 27.7 Å². The maximum Gasteiger partial charge on any atom is 0.167 e. The fraction of sp³-hybridized carbons (Fsp3) is 0. The summed E-state index contributed by atoms with van der Waals surface area (Å²) in [5.41, 5.74) is 7.51. The minimum absolute atomic E-state index is 0.545. The highest BCUT2D eigenvalue weighted by Crippen LogP contribution is 2.46. The normalized spacial score (nSPS) is 12.2. The minimum atomic E-state index is 0.545. The standard InChI is InChI=1S/C61H34N4OS/c1-3-17-39-33-51-47(31-37(39)15-1)55-42-21-8-6-14-36(42)27-29-49(55)65(51)50-30-28-46(58-57(50)48-32-38-16-2-4-18-40(38)34-52(48)66-58)61-63-59(43-23-11-19-35-13-5-7-20-41(35)43)62-60(64-61)45-24-12-26-54-56(45)44-22-9-10-25-53(44)67-54/h1-34H. The summed E-state index contributed by atoms with van der Waals surface area (Å²) < 4.78 is 12.1. The fourth-order valence-electron chi connectivity index (χ4n) is 10.8. The number of rotatable bonds is 4. The molecule has 0 N–H and O–H groups in total. The molecule has 0 aliphatic heterocycles. The average Bonchev–Trinajstić information content (AvgIpc) is 4.06. The van der Waals surface area contributed by atoms with E-state index in [1.54, 1.807) is 11.3 Å². The molecule has 0 saturated heterocycles. The van der Waals surface area contributed by atoms with Gasteiger partial charge in [0.1, 0.15) is 11.2 Å². The summed E-state index contributed by atoms with van der Waals surface area (Å²) in [5, 5.41) is 16.1. The van der Waals surface area contributed by atoms with Gasteiger partial charge in [-0.3, -0.25) is 0 Å². The molecule has 5 nitrogen and oxygen atoms in total. The topological polar surface area (TPSA) is 56.7 Å². The molecule has 0 radical (unpaired) electrons. The van der Waals surface area contributed by atoms with Gasteiger partial charge in [-0.05, 0) is 97.7 Å². The van der Waals surface area contributed by atoms with Gasteiger partial charge in [-0.25, -0.2) is 15.0 Å². The van der Waals surface area contributed by atoms with E-state index in [0.29, 0.717) is 17.5 Å². The first-order valence-corrected chi connectivity index (χ1v) is 23.4. The van der Waals surface area contributed by atoms with Crippen molar-refractivity contribution >= 4 is 118 Å². The number of hydrogen-bond donors (Lipinski definition) is 0. The van der Waals surface area contributed by atoms with E-state index in [1.165, 1.54) is 47.1 Å². The van der Waals surface area contributed by atoms with Crippen LogP contribution in [0.3, 0.4) is 0 Å². The highest BCUT2D eigenvalue weighted by atomic mass is 32.1. The zero-order chi connectivity index (χ0) is 43.7. The molecule has 11 aromatic carbocycles. The summed E-state index contributed by atoms with van der Waals surface area (Å²) >= 11 is 1.79. The SMILES string of the molecule is c1ccc2cc3c(cc2c1)oc1c(-c2nc(-c4cccc5ccccc45)nc(-c4cccc5sc6ccccc6c45)n2)ccc(-n2c4cc5ccccc5cc4c4c5ccccc5ccc42)c13. The zero-order valence-corrected chi connectivity index (χ0v) is 36.6. The monoisotopic (exact) mass is 870 g/mol. The van der Waals surface area contributed by atoms with Crippen LogP contribution in [0.25, 0.3) is 147 Å². The maximum atomic E-state index is 7.21. The van der Waals surface area contributed by atoms with Crippen molar-refractivity contribution in [1.82, 2.24) is 19.5 Å². The van der Waals surface area contributed by atoms with E-state index in [-0.39, 0.29) is 0 Å². The van der Waals surface area contributed by atoms with E-state index in [1.807, 2.05) is 0 Å². The predicted molar refractivity (Wildman–Crippen MR) is 281 cm³/mol. The Morgan fingerprint density at radius 3 is 1.70 bits per heavy atom. The molecule has 0 spiro atoms. The molecule has 4 heterocycles. The molecule has 0 aliphatic rings. The number of hydrogen-bond acceptors (Lipinski definition) is 5. The number of fused-ring (bicyclic) bond motifs is 14. The van der Waals surface area contributed by atoms with E-state index in [0.717, 1.165) is 82.3 Å². The van der Waals surface area contributed by atoms with Crippen LogP contribution in [0.1, 0.15) is 0 Å². The molecule has 0 bridgehead atoms. The van der Waals surface area contributed by atoms with Gasteiger partial charge in [0.15, 0.2) is 17.5 Å². The molecule has 0 unspecified atom stereocenters. The van der Waals surface area contributed by atoms with Crippen molar-refractivity contribution in [2.75, 3.05) is 0 Å². The maximum absolute atomic E-state index is 7.21. The van der Waals surface area contributed by atoms with Crippen LogP contribution in [0.5, 0.6) is 0 Å². The van der Waals surface area contributed by atoms with Gasteiger partial charge in [-0.1, -0.05) is 152 Å². The number of nitrogens with zero attached hydrogens (tertiary/aromatic N) is 4. The first-order valence-electron chi connectivity index (χ1n) is 22.6. The van der Waals surface area contributed by atoms with E-state index in [2.05, 4.69) is 211 Å². The molecule has 4 aromatic heterocycles. The van der Waals surface area contributed by atoms with Crippen molar-refractivity contribution in [2.45, 2.75) is 0 Å². The summed E-state index contributed by atoms with van der Waals surface area (Å²) in [5.74, 6) is 1.76. The summed E-state index contributed by atoms with van der Waals surface area (Å²) in [6.45, 7) is 0. The van der Waals surface area contributed by atoms with Gasteiger partial charge < -0.3 is 8.98 Å². The molecule has 0 fully saturated rings. The van der Waals surface area contributed by atoms with Crippen LogP contribution in [0.4, 0.5) is 0 Å². The Morgan fingerprint density at radius 1 is 0.343 bits per heavy atom. The molecule has 15 rings (SSSR count). The fourth-order valence-corrected chi connectivity index (χ4v) is 11.9. The Balaban J connectivity index is 1.07. The molecule has 0 amide bonds. The lowest BCUT2D eigenvalue weighted by Gasteiger charge is -2.14. The molecule has 15 aromatic rings. The van der Waals surface area contributed by atoms with Crippen molar-refractivity contribution < 1.29 is 4.42 Å². The third-order valence-electron chi connectivity index (χ3n) is 13.8. The van der Waals surface area contributed by atoms with Crippen LogP contribution in [-0.4, -0.2) is 19.5 Å². The largest absolute Gasteiger partial charge is 0.455 e. The Bertz CT molecular complexity index is 4590. The molecule has 6 heteroatoms. The van der Waals surface area contributed by atoms with Crippen LogP contribution >= 0.6 is 11.3 Å². The van der Waals surface area contributed by atoms with Gasteiger partial charge in [-0.2, -0.15) is 0 Å². The van der Waals surface area contributed by atoms with E-state index < -0.39 is 0 Å². The molecule has 67 heavy (non-hydrogen) atoms. The average molecular weight is 871 g/mol. The third kappa shape index (κ3) is 5.39. The van der Waals surface area contributed by atoms with Crippen LogP contribution in [0, 0.1) is 0 Å². The van der Waals surface area contributed by atoms with E-state index in [9.17, 15) is 0 Å². The van der Waals surface area contributed by atoms with Crippen LogP contribution in [-0.2, 0) is 0 Å². The first kappa shape index (κ1) is 36.6. The highest BCUT2D eigenvalue weighted by Gasteiger charge is 2.25. The number of furan rings is 1. The van der Waals surface area contributed by atoms with Gasteiger partial charge in [0, 0.05) is 47.5 Å². The summed E-state index contributed by atoms with van der Waals surface area (Å²) in [4.78, 5) is 16.3. The Hall–Kier alpha value is -8.71. The molecule has 0 atom stereocenters. The lowest BCUT2D eigenvalue weighted by molar-refractivity contribution is 0.670. The second kappa shape index (κ2) is 13.9.